The minimum atomic E-state index is -0.872. The van der Waals surface area contributed by atoms with Gasteiger partial charge in [0.15, 0.2) is 0 Å². The smallest absolute Gasteiger partial charge is 0.326 e. The summed E-state index contributed by atoms with van der Waals surface area (Å²) in [5.74, 6) is -0.323. The molecule has 1 heterocycles. The van der Waals surface area contributed by atoms with Gasteiger partial charge in [-0.05, 0) is 24.6 Å². The molecule has 19 heavy (non-hydrogen) atoms. The molecule has 0 amide bonds. The van der Waals surface area contributed by atoms with Crippen LogP contribution in [0.25, 0.3) is 10.9 Å². The number of nitrogens with one attached hydrogen (secondary N) is 1. The lowest BCUT2D eigenvalue weighted by Crippen LogP contribution is -2.29. The number of benzene rings is 1. The highest BCUT2D eigenvalue weighted by atomic mass is 79.9. The zero-order valence-corrected chi connectivity index (χ0v) is 12.0. The Labute approximate surface area is 119 Å². The number of carboxylic acids is 1. The molecule has 0 aliphatic heterocycles. The molecular formula is C13H14BrN3O2. The fourth-order valence-corrected chi connectivity index (χ4v) is 2.22. The number of carboxylic acid groups (broad SMARTS) is 1. The Kier molecular flexibility index (Phi) is 4.31. The summed E-state index contributed by atoms with van der Waals surface area (Å²) in [6.45, 7) is 1.95. The van der Waals surface area contributed by atoms with E-state index < -0.39 is 12.0 Å². The quantitative estimate of drug-likeness (QED) is 0.884. The van der Waals surface area contributed by atoms with Gasteiger partial charge in [0.2, 0.25) is 0 Å². The first-order chi connectivity index (χ1) is 9.11. The largest absolute Gasteiger partial charge is 0.480 e. The molecule has 0 aliphatic rings. The van der Waals surface area contributed by atoms with Crippen molar-refractivity contribution in [3.63, 3.8) is 0 Å². The predicted octanol–water partition coefficient (Wildman–Crippen LogP) is 3.06. The maximum Gasteiger partial charge on any atom is 0.326 e. The molecule has 1 atom stereocenters. The van der Waals surface area contributed by atoms with Crippen molar-refractivity contribution in [1.82, 2.24) is 9.97 Å². The Morgan fingerprint density at radius 2 is 2.26 bits per heavy atom. The molecule has 0 saturated heterocycles. The van der Waals surface area contributed by atoms with Gasteiger partial charge in [0.05, 0.1) is 5.52 Å². The zero-order valence-electron chi connectivity index (χ0n) is 10.4. The molecule has 2 N–H and O–H groups in total. The molecule has 2 rings (SSSR count). The second-order valence-corrected chi connectivity index (χ2v) is 5.12. The maximum absolute atomic E-state index is 11.2. The van der Waals surface area contributed by atoms with E-state index in [1.807, 2.05) is 25.1 Å². The SMILES string of the molecule is CCC[C@H](Nc1ncnc2ccc(Br)cc12)C(=O)O. The molecule has 0 aliphatic carbocycles. The summed E-state index contributed by atoms with van der Waals surface area (Å²) in [4.78, 5) is 19.5. The summed E-state index contributed by atoms with van der Waals surface area (Å²) < 4.78 is 0.903. The highest BCUT2D eigenvalue weighted by Crippen LogP contribution is 2.24. The Bertz CT molecular complexity index is 603. The van der Waals surface area contributed by atoms with Gasteiger partial charge >= 0.3 is 5.97 Å². The Morgan fingerprint density at radius 3 is 2.95 bits per heavy atom. The van der Waals surface area contributed by atoms with Crippen molar-refractivity contribution in [3.05, 3.63) is 29.0 Å². The maximum atomic E-state index is 11.2. The summed E-state index contributed by atoms with van der Waals surface area (Å²) in [5.41, 5.74) is 0.779. The lowest BCUT2D eigenvalue weighted by atomic mass is 10.1. The van der Waals surface area contributed by atoms with Gasteiger partial charge in [-0.15, -0.1) is 0 Å². The van der Waals surface area contributed by atoms with Gasteiger partial charge in [-0.2, -0.15) is 0 Å². The third-order valence-corrected chi connectivity index (χ3v) is 3.28. The van der Waals surface area contributed by atoms with E-state index in [0.29, 0.717) is 12.2 Å². The number of hydrogen-bond acceptors (Lipinski definition) is 4. The Morgan fingerprint density at radius 1 is 1.47 bits per heavy atom. The average Bonchev–Trinajstić information content (AvgIpc) is 2.38. The van der Waals surface area contributed by atoms with Gasteiger partial charge in [-0.25, -0.2) is 14.8 Å². The van der Waals surface area contributed by atoms with Crippen LogP contribution in [-0.2, 0) is 4.79 Å². The van der Waals surface area contributed by atoms with Crippen LogP contribution in [0.1, 0.15) is 19.8 Å². The fourth-order valence-electron chi connectivity index (χ4n) is 1.85. The number of rotatable bonds is 5. The van der Waals surface area contributed by atoms with Crippen LogP contribution in [0.2, 0.25) is 0 Å². The van der Waals surface area contributed by atoms with Gasteiger partial charge in [0, 0.05) is 9.86 Å². The summed E-state index contributed by atoms with van der Waals surface area (Å²) in [6, 6.07) is 4.99. The number of nitrogens with zero attached hydrogens (tertiary/aromatic N) is 2. The van der Waals surface area contributed by atoms with Gasteiger partial charge in [-0.1, -0.05) is 29.3 Å². The van der Waals surface area contributed by atoms with E-state index >= 15 is 0 Å². The number of hydrogen-bond donors (Lipinski definition) is 2. The third kappa shape index (κ3) is 3.20. The van der Waals surface area contributed by atoms with Crippen molar-refractivity contribution < 1.29 is 9.90 Å². The van der Waals surface area contributed by atoms with Gasteiger partial charge in [0.1, 0.15) is 18.2 Å². The number of halogens is 1. The summed E-state index contributed by atoms with van der Waals surface area (Å²) in [5, 5.41) is 13.0. The van der Waals surface area contributed by atoms with Crippen LogP contribution >= 0.6 is 15.9 Å². The standard InChI is InChI=1S/C13H14BrN3O2/c1-2-3-11(13(18)19)17-12-9-6-8(14)4-5-10(9)15-7-16-12/h4-7,11H,2-3H2,1H3,(H,18,19)(H,15,16,17)/t11-/m0/s1. The predicted molar refractivity (Wildman–Crippen MR) is 77.2 cm³/mol. The van der Waals surface area contributed by atoms with E-state index in [2.05, 4.69) is 31.2 Å². The van der Waals surface area contributed by atoms with Crippen molar-refractivity contribution in [1.29, 1.82) is 0 Å². The molecule has 6 heteroatoms. The van der Waals surface area contributed by atoms with Crippen molar-refractivity contribution in [2.75, 3.05) is 5.32 Å². The van der Waals surface area contributed by atoms with E-state index in [1.165, 1.54) is 6.33 Å². The normalized spacial score (nSPS) is 12.3. The second-order valence-electron chi connectivity index (χ2n) is 4.21. The zero-order chi connectivity index (χ0) is 13.8. The first kappa shape index (κ1) is 13.7. The lowest BCUT2D eigenvalue weighted by molar-refractivity contribution is -0.138. The lowest BCUT2D eigenvalue weighted by Gasteiger charge is -2.15. The van der Waals surface area contributed by atoms with Gasteiger partial charge in [-0.3, -0.25) is 0 Å². The number of aromatic nitrogens is 2. The molecule has 2 aromatic rings. The van der Waals surface area contributed by atoms with E-state index in [1.54, 1.807) is 0 Å². The Hall–Kier alpha value is -1.69. The molecule has 1 aromatic heterocycles. The van der Waals surface area contributed by atoms with Crippen LogP contribution in [0.3, 0.4) is 0 Å². The molecule has 0 radical (unpaired) electrons. The van der Waals surface area contributed by atoms with Crippen LogP contribution in [0.4, 0.5) is 5.82 Å². The highest BCUT2D eigenvalue weighted by Gasteiger charge is 2.17. The monoisotopic (exact) mass is 323 g/mol. The fraction of sp³-hybridized carbons (Fsp3) is 0.308. The molecule has 0 spiro atoms. The van der Waals surface area contributed by atoms with Crippen molar-refractivity contribution >= 4 is 38.6 Å². The molecule has 100 valence electrons. The number of anilines is 1. The van der Waals surface area contributed by atoms with Crippen molar-refractivity contribution in [3.8, 4) is 0 Å². The molecular weight excluding hydrogens is 310 g/mol. The third-order valence-electron chi connectivity index (χ3n) is 2.78. The Balaban J connectivity index is 2.38. The average molecular weight is 324 g/mol. The first-order valence-electron chi connectivity index (χ1n) is 6.01. The summed E-state index contributed by atoms with van der Waals surface area (Å²) in [6.07, 6.45) is 2.77. The van der Waals surface area contributed by atoms with Crippen LogP contribution < -0.4 is 5.32 Å². The minimum Gasteiger partial charge on any atom is -0.480 e. The van der Waals surface area contributed by atoms with Gasteiger partial charge in [0.25, 0.3) is 0 Å². The van der Waals surface area contributed by atoms with E-state index in [4.69, 9.17) is 0 Å². The number of aliphatic carboxylic acids is 1. The molecule has 0 fully saturated rings. The second kappa shape index (κ2) is 5.97. The van der Waals surface area contributed by atoms with Gasteiger partial charge < -0.3 is 10.4 Å². The van der Waals surface area contributed by atoms with E-state index in [0.717, 1.165) is 21.8 Å². The van der Waals surface area contributed by atoms with Crippen LogP contribution in [-0.4, -0.2) is 27.1 Å². The first-order valence-corrected chi connectivity index (χ1v) is 6.80. The summed E-state index contributed by atoms with van der Waals surface area (Å²) >= 11 is 3.39. The van der Waals surface area contributed by atoms with Crippen molar-refractivity contribution in [2.45, 2.75) is 25.8 Å². The minimum absolute atomic E-state index is 0.548. The number of fused-ring (bicyclic) bond motifs is 1. The van der Waals surface area contributed by atoms with Crippen molar-refractivity contribution in [2.24, 2.45) is 0 Å². The topological polar surface area (TPSA) is 75.1 Å². The van der Waals surface area contributed by atoms with Crippen LogP contribution in [0.15, 0.2) is 29.0 Å². The number of carbonyl (C=O) groups is 1. The molecule has 0 saturated carbocycles. The van der Waals surface area contributed by atoms with E-state index in [9.17, 15) is 9.90 Å². The van der Waals surface area contributed by atoms with Crippen LogP contribution in [0.5, 0.6) is 0 Å². The molecule has 0 unspecified atom stereocenters. The molecule has 0 bridgehead atoms. The highest BCUT2D eigenvalue weighted by molar-refractivity contribution is 9.10. The molecule has 1 aromatic carbocycles. The van der Waals surface area contributed by atoms with E-state index in [-0.39, 0.29) is 0 Å². The molecule has 5 nitrogen and oxygen atoms in total. The van der Waals surface area contributed by atoms with Crippen LogP contribution in [0, 0.1) is 0 Å². The summed E-state index contributed by atoms with van der Waals surface area (Å²) in [7, 11) is 0.